The monoisotopic (exact) mass is 224 g/mol. The van der Waals surface area contributed by atoms with Gasteiger partial charge >= 0.3 is 0 Å². The summed E-state index contributed by atoms with van der Waals surface area (Å²) in [4.78, 5) is 0. The summed E-state index contributed by atoms with van der Waals surface area (Å²) >= 11 is 0. The number of ether oxygens (including phenoxy) is 1. The second-order valence-corrected chi connectivity index (χ2v) is 4.63. The molecular formula is C13H17FO2. The van der Waals surface area contributed by atoms with Crippen molar-refractivity contribution < 1.29 is 14.2 Å². The van der Waals surface area contributed by atoms with Crippen LogP contribution in [0.15, 0.2) is 18.2 Å². The zero-order valence-corrected chi connectivity index (χ0v) is 9.50. The molecule has 0 saturated heterocycles. The topological polar surface area (TPSA) is 29.5 Å². The van der Waals surface area contributed by atoms with Crippen molar-refractivity contribution in [3.05, 3.63) is 29.6 Å². The van der Waals surface area contributed by atoms with Gasteiger partial charge in [-0.15, -0.1) is 0 Å². The van der Waals surface area contributed by atoms with Crippen molar-refractivity contribution >= 4 is 0 Å². The van der Waals surface area contributed by atoms with Gasteiger partial charge in [0.25, 0.3) is 0 Å². The molecule has 0 aliphatic heterocycles. The van der Waals surface area contributed by atoms with E-state index >= 15 is 0 Å². The summed E-state index contributed by atoms with van der Waals surface area (Å²) in [6, 6.07) is 4.43. The van der Waals surface area contributed by atoms with Crippen molar-refractivity contribution in [2.45, 2.75) is 38.2 Å². The summed E-state index contributed by atoms with van der Waals surface area (Å²) in [5.41, 5.74) is 0.0856. The molecule has 88 valence electrons. The fraction of sp³-hybridized carbons (Fsp3) is 0.538. The number of aryl methyl sites for hydroxylation is 1. The molecule has 0 unspecified atom stereocenters. The molecule has 0 aromatic heterocycles. The van der Waals surface area contributed by atoms with E-state index in [1.807, 2.05) is 0 Å². The lowest BCUT2D eigenvalue weighted by atomic mass is 10.0. The van der Waals surface area contributed by atoms with Gasteiger partial charge in [0.05, 0.1) is 5.60 Å². The van der Waals surface area contributed by atoms with Crippen LogP contribution < -0.4 is 4.74 Å². The van der Waals surface area contributed by atoms with Crippen molar-refractivity contribution in [3.8, 4) is 5.75 Å². The summed E-state index contributed by atoms with van der Waals surface area (Å²) in [6.45, 7) is 2.11. The Morgan fingerprint density at radius 2 is 2.06 bits per heavy atom. The van der Waals surface area contributed by atoms with E-state index in [9.17, 15) is 9.50 Å². The van der Waals surface area contributed by atoms with E-state index in [0.717, 1.165) is 31.2 Å². The number of benzene rings is 1. The summed E-state index contributed by atoms with van der Waals surface area (Å²) < 4.78 is 18.4. The molecule has 0 amide bonds. The van der Waals surface area contributed by atoms with Crippen LogP contribution in [0.3, 0.4) is 0 Å². The van der Waals surface area contributed by atoms with Crippen LogP contribution in [0.1, 0.15) is 31.2 Å². The van der Waals surface area contributed by atoms with E-state index in [-0.39, 0.29) is 5.82 Å². The Bertz CT molecular complexity index is 370. The van der Waals surface area contributed by atoms with Crippen LogP contribution in [0.2, 0.25) is 0 Å². The van der Waals surface area contributed by atoms with E-state index in [4.69, 9.17) is 4.74 Å². The van der Waals surface area contributed by atoms with Crippen LogP contribution in [0, 0.1) is 12.7 Å². The van der Waals surface area contributed by atoms with Crippen LogP contribution in [-0.2, 0) is 0 Å². The van der Waals surface area contributed by atoms with Crippen LogP contribution in [0.4, 0.5) is 4.39 Å². The standard InChI is InChI=1S/C13H17FO2/c1-10-8-11(14)4-5-12(10)16-9-13(15)6-2-3-7-13/h4-5,8,15H,2-3,6-7,9H2,1H3. The predicted molar refractivity (Wildman–Crippen MR) is 60.0 cm³/mol. The summed E-state index contributed by atoms with van der Waals surface area (Å²) in [5.74, 6) is 0.395. The van der Waals surface area contributed by atoms with Crippen LogP contribution >= 0.6 is 0 Å². The van der Waals surface area contributed by atoms with E-state index in [1.165, 1.54) is 12.1 Å². The second kappa shape index (κ2) is 4.42. The first-order valence-corrected chi connectivity index (χ1v) is 5.70. The minimum absolute atomic E-state index is 0.260. The van der Waals surface area contributed by atoms with Crippen molar-refractivity contribution in [2.75, 3.05) is 6.61 Å². The number of rotatable bonds is 3. The van der Waals surface area contributed by atoms with Crippen molar-refractivity contribution in [2.24, 2.45) is 0 Å². The fourth-order valence-electron chi connectivity index (χ4n) is 2.16. The maximum atomic E-state index is 12.9. The van der Waals surface area contributed by atoms with Gasteiger partial charge in [0.2, 0.25) is 0 Å². The van der Waals surface area contributed by atoms with Gasteiger partial charge in [-0.1, -0.05) is 12.8 Å². The van der Waals surface area contributed by atoms with Gasteiger partial charge in [-0.3, -0.25) is 0 Å². The first kappa shape index (κ1) is 11.4. The van der Waals surface area contributed by atoms with Crippen LogP contribution in [-0.4, -0.2) is 17.3 Å². The third-order valence-electron chi connectivity index (χ3n) is 3.17. The maximum absolute atomic E-state index is 12.9. The normalized spacial score (nSPS) is 18.7. The Balaban J connectivity index is 1.99. The molecule has 3 heteroatoms. The fourth-order valence-corrected chi connectivity index (χ4v) is 2.16. The highest BCUT2D eigenvalue weighted by Crippen LogP contribution is 2.30. The molecule has 1 aliphatic carbocycles. The minimum Gasteiger partial charge on any atom is -0.490 e. The van der Waals surface area contributed by atoms with Gasteiger partial charge in [0, 0.05) is 0 Å². The highest BCUT2D eigenvalue weighted by Gasteiger charge is 2.31. The molecule has 2 nitrogen and oxygen atoms in total. The highest BCUT2D eigenvalue weighted by molar-refractivity contribution is 5.32. The third-order valence-corrected chi connectivity index (χ3v) is 3.17. The number of hydrogen-bond donors (Lipinski definition) is 1. The molecule has 1 saturated carbocycles. The van der Waals surface area contributed by atoms with Gasteiger partial charge in [-0.2, -0.15) is 0 Å². The van der Waals surface area contributed by atoms with Gasteiger partial charge in [0.15, 0.2) is 0 Å². The SMILES string of the molecule is Cc1cc(F)ccc1OCC1(O)CCCC1. The molecule has 1 aliphatic rings. The van der Waals surface area contributed by atoms with Gasteiger partial charge in [-0.25, -0.2) is 4.39 Å². The molecule has 1 N–H and O–H groups in total. The number of halogens is 1. The number of aliphatic hydroxyl groups is 1. The maximum Gasteiger partial charge on any atom is 0.123 e. The molecule has 0 spiro atoms. The largest absolute Gasteiger partial charge is 0.490 e. The summed E-state index contributed by atoms with van der Waals surface area (Å²) in [5, 5.41) is 10.1. The third kappa shape index (κ3) is 2.53. The lowest BCUT2D eigenvalue weighted by molar-refractivity contribution is 0.00120. The van der Waals surface area contributed by atoms with E-state index < -0.39 is 5.60 Å². The van der Waals surface area contributed by atoms with Gasteiger partial charge in [0.1, 0.15) is 18.2 Å². The second-order valence-electron chi connectivity index (χ2n) is 4.63. The lowest BCUT2D eigenvalue weighted by Crippen LogP contribution is -2.32. The summed E-state index contributed by atoms with van der Waals surface area (Å²) in [7, 11) is 0. The Hall–Kier alpha value is -1.09. The summed E-state index contributed by atoms with van der Waals surface area (Å²) in [6.07, 6.45) is 3.71. The zero-order chi connectivity index (χ0) is 11.6. The van der Waals surface area contributed by atoms with Crippen molar-refractivity contribution in [1.29, 1.82) is 0 Å². The molecule has 0 atom stereocenters. The average molecular weight is 224 g/mol. The Labute approximate surface area is 95.1 Å². The Morgan fingerprint density at radius 3 is 2.69 bits per heavy atom. The molecule has 1 fully saturated rings. The molecule has 1 aromatic rings. The highest BCUT2D eigenvalue weighted by atomic mass is 19.1. The van der Waals surface area contributed by atoms with E-state index in [0.29, 0.717) is 12.4 Å². The van der Waals surface area contributed by atoms with Crippen molar-refractivity contribution in [1.82, 2.24) is 0 Å². The zero-order valence-electron chi connectivity index (χ0n) is 9.50. The van der Waals surface area contributed by atoms with Crippen LogP contribution in [0.5, 0.6) is 5.75 Å². The van der Waals surface area contributed by atoms with Crippen LogP contribution in [0.25, 0.3) is 0 Å². The van der Waals surface area contributed by atoms with E-state index in [1.54, 1.807) is 13.0 Å². The first-order chi connectivity index (χ1) is 7.59. The Kier molecular flexibility index (Phi) is 3.15. The molecule has 2 rings (SSSR count). The Morgan fingerprint density at radius 1 is 1.38 bits per heavy atom. The predicted octanol–water partition coefficient (Wildman–Crippen LogP) is 2.82. The van der Waals surface area contributed by atoms with Crippen molar-refractivity contribution in [3.63, 3.8) is 0 Å². The smallest absolute Gasteiger partial charge is 0.123 e. The molecule has 0 bridgehead atoms. The first-order valence-electron chi connectivity index (χ1n) is 5.70. The molecular weight excluding hydrogens is 207 g/mol. The van der Waals surface area contributed by atoms with E-state index in [2.05, 4.69) is 0 Å². The molecule has 1 aromatic carbocycles. The van der Waals surface area contributed by atoms with Gasteiger partial charge < -0.3 is 9.84 Å². The number of hydrogen-bond acceptors (Lipinski definition) is 2. The molecule has 16 heavy (non-hydrogen) atoms. The minimum atomic E-state index is -0.680. The molecule has 0 heterocycles. The molecule has 0 radical (unpaired) electrons. The average Bonchev–Trinajstić information content (AvgIpc) is 2.64. The van der Waals surface area contributed by atoms with Gasteiger partial charge in [-0.05, 0) is 43.5 Å². The quantitative estimate of drug-likeness (QED) is 0.855. The lowest BCUT2D eigenvalue weighted by Gasteiger charge is -2.22.